The minimum absolute atomic E-state index is 0.0165. The maximum atomic E-state index is 11.6. The number of aliphatic hydroxyl groups is 1. The summed E-state index contributed by atoms with van der Waals surface area (Å²) in [6.07, 6.45) is 3.15. The van der Waals surface area contributed by atoms with E-state index in [4.69, 9.17) is 5.11 Å². The van der Waals surface area contributed by atoms with Crippen molar-refractivity contribution in [2.24, 2.45) is 13.0 Å². The van der Waals surface area contributed by atoms with Gasteiger partial charge < -0.3 is 15.0 Å². The molecule has 0 amide bonds. The minimum atomic E-state index is -0.184. The fraction of sp³-hybridized carbons (Fsp3) is 0.600. The molecule has 84 valence electrons. The summed E-state index contributed by atoms with van der Waals surface area (Å²) in [5, 5.41) is 12.1. The van der Waals surface area contributed by atoms with E-state index in [0.29, 0.717) is 0 Å². The highest BCUT2D eigenvalue weighted by Crippen LogP contribution is 2.05. The standard InChI is InChI=1S/C10H17N3O2/c1-7(2)8(6-14)12-9-10(15)13(3)5-4-11-9/h4-5,7-8,14H,6H2,1-3H3,(H,11,12). The Kier molecular flexibility index (Phi) is 3.85. The summed E-state index contributed by atoms with van der Waals surface area (Å²) in [4.78, 5) is 15.6. The van der Waals surface area contributed by atoms with Crippen LogP contribution in [0.1, 0.15) is 13.8 Å². The van der Waals surface area contributed by atoms with Crippen molar-refractivity contribution < 1.29 is 5.11 Å². The molecule has 15 heavy (non-hydrogen) atoms. The highest BCUT2D eigenvalue weighted by molar-refractivity contribution is 5.32. The van der Waals surface area contributed by atoms with Crippen LogP contribution in [0, 0.1) is 5.92 Å². The molecule has 1 heterocycles. The Bertz CT molecular complexity index is 373. The molecule has 1 atom stereocenters. The lowest BCUT2D eigenvalue weighted by molar-refractivity contribution is 0.249. The molecule has 1 aromatic rings. The summed E-state index contributed by atoms with van der Waals surface area (Å²) in [6, 6.07) is -0.146. The number of aromatic nitrogens is 2. The van der Waals surface area contributed by atoms with Gasteiger partial charge in [0.05, 0.1) is 12.6 Å². The van der Waals surface area contributed by atoms with Gasteiger partial charge in [0.15, 0.2) is 5.82 Å². The lowest BCUT2D eigenvalue weighted by atomic mass is 10.1. The quantitative estimate of drug-likeness (QED) is 0.747. The van der Waals surface area contributed by atoms with Crippen molar-refractivity contribution in [1.29, 1.82) is 0 Å². The predicted molar refractivity (Wildman–Crippen MR) is 58.8 cm³/mol. The highest BCUT2D eigenvalue weighted by atomic mass is 16.3. The predicted octanol–water partition coefficient (Wildman–Crippen LogP) is 0.209. The number of nitrogens with zero attached hydrogens (tertiary/aromatic N) is 2. The zero-order valence-corrected chi connectivity index (χ0v) is 9.27. The molecule has 0 aliphatic rings. The van der Waals surface area contributed by atoms with E-state index in [1.807, 2.05) is 13.8 Å². The van der Waals surface area contributed by atoms with Crippen molar-refractivity contribution >= 4 is 5.82 Å². The molecule has 0 aliphatic carbocycles. The molecule has 0 saturated heterocycles. The van der Waals surface area contributed by atoms with Gasteiger partial charge in [0.25, 0.3) is 5.56 Å². The highest BCUT2D eigenvalue weighted by Gasteiger charge is 2.14. The number of aryl methyl sites for hydroxylation is 1. The molecule has 0 radical (unpaired) electrons. The van der Waals surface area contributed by atoms with Gasteiger partial charge in [0.2, 0.25) is 0 Å². The molecule has 1 unspecified atom stereocenters. The lowest BCUT2D eigenvalue weighted by Gasteiger charge is -2.19. The average molecular weight is 211 g/mol. The van der Waals surface area contributed by atoms with Crippen LogP contribution in [0.3, 0.4) is 0 Å². The fourth-order valence-electron chi connectivity index (χ4n) is 1.20. The first-order chi connectivity index (χ1) is 7.06. The minimum Gasteiger partial charge on any atom is -0.394 e. The SMILES string of the molecule is CC(C)C(CO)Nc1nccn(C)c1=O. The van der Waals surface area contributed by atoms with Crippen molar-refractivity contribution in [1.82, 2.24) is 9.55 Å². The van der Waals surface area contributed by atoms with Crippen LogP contribution in [0.5, 0.6) is 0 Å². The summed E-state index contributed by atoms with van der Waals surface area (Å²) < 4.78 is 1.45. The third-order valence-electron chi connectivity index (χ3n) is 2.34. The number of anilines is 1. The van der Waals surface area contributed by atoms with Gasteiger partial charge in [-0.25, -0.2) is 4.98 Å². The third-order valence-corrected chi connectivity index (χ3v) is 2.34. The second-order valence-corrected chi connectivity index (χ2v) is 3.87. The van der Waals surface area contributed by atoms with Crippen LogP contribution in [-0.4, -0.2) is 27.3 Å². The van der Waals surface area contributed by atoms with E-state index < -0.39 is 0 Å². The molecule has 0 bridgehead atoms. The molecule has 2 N–H and O–H groups in total. The Morgan fingerprint density at radius 1 is 1.60 bits per heavy atom. The maximum absolute atomic E-state index is 11.6. The van der Waals surface area contributed by atoms with Crippen LogP contribution in [0.4, 0.5) is 5.82 Å². The first kappa shape index (κ1) is 11.7. The van der Waals surface area contributed by atoms with Crippen LogP contribution < -0.4 is 10.9 Å². The van der Waals surface area contributed by atoms with E-state index in [1.54, 1.807) is 19.4 Å². The summed E-state index contributed by atoms with van der Waals surface area (Å²) in [5.41, 5.74) is -0.184. The van der Waals surface area contributed by atoms with Crippen molar-refractivity contribution in [2.75, 3.05) is 11.9 Å². The zero-order chi connectivity index (χ0) is 11.4. The average Bonchev–Trinajstić information content (AvgIpc) is 2.19. The third kappa shape index (κ3) is 2.79. The van der Waals surface area contributed by atoms with Gasteiger partial charge in [-0.1, -0.05) is 13.8 Å². The van der Waals surface area contributed by atoms with Gasteiger partial charge in [0.1, 0.15) is 0 Å². The molecule has 0 saturated carbocycles. The normalized spacial score (nSPS) is 12.9. The molecular formula is C10H17N3O2. The monoisotopic (exact) mass is 211 g/mol. The van der Waals surface area contributed by atoms with Gasteiger partial charge in [-0.15, -0.1) is 0 Å². The number of nitrogens with one attached hydrogen (secondary N) is 1. The van der Waals surface area contributed by atoms with Gasteiger partial charge in [-0.05, 0) is 5.92 Å². The van der Waals surface area contributed by atoms with Crippen molar-refractivity contribution in [2.45, 2.75) is 19.9 Å². The van der Waals surface area contributed by atoms with Crippen LogP contribution in [0.2, 0.25) is 0 Å². The number of hydrogen-bond acceptors (Lipinski definition) is 4. The lowest BCUT2D eigenvalue weighted by Crippen LogP contribution is -2.34. The molecule has 1 aromatic heterocycles. The van der Waals surface area contributed by atoms with Crippen molar-refractivity contribution in [3.8, 4) is 0 Å². The molecule has 0 aliphatic heterocycles. The Labute approximate surface area is 88.8 Å². The first-order valence-corrected chi connectivity index (χ1v) is 4.95. The molecular weight excluding hydrogens is 194 g/mol. The summed E-state index contributed by atoms with van der Waals surface area (Å²) in [7, 11) is 1.67. The molecule has 5 nitrogen and oxygen atoms in total. The first-order valence-electron chi connectivity index (χ1n) is 4.95. The summed E-state index contributed by atoms with van der Waals surface area (Å²) in [5.74, 6) is 0.523. The van der Waals surface area contributed by atoms with E-state index in [2.05, 4.69) is 10.3 Å². The molecule has 5 heteroatoms. The smallest absolute Gasteiger partial charge is 0.293 e. The molecule has 1 rings (SSSR count). The topological polar surface area (TPSA) is 67.2 Å². The number of aliphatic hydroxyl groups excluding tert-OH is 1. The molecule has 0 spiro atoms. The van der Waals surface area contributed by atoms with E-state index >= 15 is 0 Å². The van der Waals surface area contributed by atoms with E-state index in [1.165, 1.54) is 4.57 Å². The van der Waals surface area contributed by atoms with Crippen LogP contribution in [0.25, 0.3) is 0 Å². The summed E-state index contributed by atoms with van der Waals surface area (Å²) in [6.45, 7) is 3.93. The van der Waals surface area contributed by atoms with E-state index in [9.17, 15) is 4.79 Å². The van der Waals surface area contributed by atoms with Crippen LogP contribution >= 0.6 is 0 Å². The van der Waals surface area contributed by atoms with Gasteiger partial charge >= 0.3 is 0 Å². The van der Waals surface area contributed by atoms with Crippen LogP contribution in [0.15, 0.2) is 17.2 Å². The fourth-order valence-corrected chi connectivity index (χ4v) is 1.20. The Morgan fingerprint density at radius 2 is 2.27 bits per heavy atom. The molecule has 0 fully saturated rings. The Balaban J connectivity index is 2.89. The Morgan fingerprint density at radius 3 is 2.80 bits per heavy atom. The second kappa shape index (κ2) is 4.93. The largest absolute Gasteiger partial charge is 0.394 e. The summed E-state index contributed by atoms with van der Waals surface area (Å²) >= 11 is 0. The van der Waals surface area contributed by atoms with Crippen molar-refractivity contribution in [3.05, 3.63) is 22.7 Å². The van der Waals surface area contributed by atoms with Gasteiger partial charge in [0, 0.05) is 19.4 Å². The van der Waals surface area contributed by atoms with Gasteiger partial charge in [-0.3, -0.25) is 4.79 Å². The van der Waals surface area contributed by atoms with E-state index in [0.717, 1.165) is 0 Å². The number of hydrogen-bond donors (Lipinski definition) is 2. The Hall–Kier alpha value is -1.36. The second-order valence-electron chi connectivity index (χ2n) is 3.87. The van der Waals surface area contributed by atoms with Crippen LogP contribution in [-0.2, 0) is 7.05 Å². The number of rotatable bonds is 4. The maximum Gasteiger partial charge on any atom is 0.293 e. The van der Waals surface area contributed by atoms with Crippen molar-refractivity contribution in [3.63, 3.8) is 0 Å². The molecule has 0 aromatic carbocycles. The van der Waals surface area contributed by atoms with Gasteiger partial charge in [-0.2, -0.15) is 0 Å². The zero-order valence-electron chi connectivity index (χ0n) is 9.27. The van der Waals surface area contributed by atoms with E-state index in [-0.39, 0.29) is 29.9 Å².